The summed E-state index contributed by atoms with van der Waals surface area (Å²) < 4.78 is 11.1. The van der Waals surface area contributed by atoms with Gasteiger partial charge in [-0.15, -0.1) is 0 Å². The van der Waals surface area contributed by atoms with E-state index in [1.807, 2.05) is 25.8 Å². The third-order valence-electron chi connectivity index (χ3n) is 4.11. The number of hydrogen-bond donors (Lipinski definition) is 1. The zero-order valence-electron chi connectivity index (χ0n) is 13.8. The highest BCUT2D eigenvalue weighted by Gasteiger charge is 2.40. The number of methoxy groups -OCH3 is 1. The van der Waals surface area contributed by atoms with Crippen LogP contribution in [0.25, 0.3) is 0 Å². The van der Waals surface area contributed by atoms with Crippen molar-refractivity contribution >= 4 is 17.9 Å². The number of aryl methyl sites for hydroxylation is 1. The number of halogens is 1. The highest BCUT2D eigenvalue weighted by Crippen LogP contribution is 2.46. The molecular weight excluding hydrogens is 316 g/mol. The van der Waals surface area contributed by atoms with E-state index in [1.165, 1.54) is 0 Å². The molecule has 0 saturated heterocycles. The van der Waals surface area contributed by atoms with Crippen molar-refractivity contribution in [3.05, 3.63) is 33.4 Å². The van der Waals surface area contributed by atoms with Gasteiger partial charge in [0.05, 0.1) is 17.1 Å². The van der Waals surface area contributed by atoms with Crippen molar-refractivity contribution < 1.29 is 9.47 Å². The van der Waals surface area contributed by atoms with Crippen molar-refractivity contribution in [1.82, 2.24) is 15.2 Å². The van der Waals surface area contributed by atoms with E-state index < -0.39 is 0 Å². The lowest BCUT2D eigenvalue weighted by atomic mass is 10.0. The maximum Gasteiger partial charge on any atom is 0.225 e. The molecule has 0 aliphatic carbocycles. The molecule has 23 heavy (non-hydrogen) atoms. The Morgan fingerprint density at radius 2 is 2.22 bits per heavy atom. The number of pyridine rings is 1. The average Bonchev–Trinajstić information content (AvgIpc) is 2.91. The van der Waals surface area contributed by atoms with Crippen LogP contribution in [0.1, 0.15) is 29.3 Å². The Bertz CT molecular complexity index is 687. The first kappa shape index (κ1) is 16.1. The number of nitrogens with one attached hydrogen (secondary N) is 1. The minimum atomic E-state index is -0.0435. The van der Waals surface area contributed by atoms with Crippen molar-refractivity contribution in [2.24, 2.45) is 4.99 Å². The standard InChI is InChI=1S/C16H21ClN4O2/c1-9-11-13-14(23-16(11)20-10(2)12(9)17)15(19-8-21(13)3)18-6-5-7-22-4/h8,13,18H,5-7H2,1-4H3. The molecule has 1 unspecified atom stereocenters. The van der Waals surface area contributed by atoms with Gasteiger partial charge in [-0.3, -0.25) is 0 Å². The van der Waals surface area contributed by atoms with Gasteiger partial charge in [0.15, 0.2) is 11.6 Å². The van der Waals surface area contributed by atoms with Gasteiger partial charge in [0, 0.05) is 32.9 Å². The van der Waals surface area contributed by atoms with Crippen molar-refractivity contribution in [3.8, 4) is 5.88 Å². The molecule has 1 N–H and O–H groups in total. The van der Waals surface area contributed by atoms with Crippen molar-refractivity contribution in [2.45, 2.75) is 26.3 Å². The smallest absolute Gasteiger partial charge is 0.225 e. The Labute approximate surface area is 141 Å². The Hall–Kier alpha value is -1.79. The molecule has 1 atom stereocenters. The van der Waals surface area contributed by atoms with Crippen LogP contribution >= 0.6 is 11.6 Å². The number of rotatable bonds is 5. The van der Waals surface area contributed by atoms with E-state index in [2.05, 4.69) is 15.3 Å². The third kappa shape index (κ3) is 2.77. The first-order valence-corrected chi connectivity index (χ1v) is 8.00. The van der Waals surface area contributed by atoms with Crippen LogP contribution in [0.15, 0.2) is 16.6 Å². The molecule has 0 bridgehead atoms. The van der Waals surface area contributed by atoms with Crippen molar-refractivity contribution in [2.75, 3.05) is 27.3 Å². The van der Waals surface area contributed by atoms with Gasteiger partial charge in [-0.2, -0.15) is 0 Å². The predicted octanol–water partition coefficient (Wildman–Crippen LogP) is 2.55. The molecule has 1 aromatic heterocycles. The number of aliphatic imine (C=N–C) groups is 1. The second kappa shape index (κ2) is 6.37. The van der Waals surface area contributed by atoms with E-state index in [-0.39, 0.29) is 6.04 Å². The molecular formula is C16H21ClN4O2. The minimum absolute atomic E-state index is 0.0435. The number of hydrogen-bond acceptors (Lipinski definition) is 6. The summed E-state index contributed by atoms with van der Waals surface area (Å²) in [6.07, 6.45) is 2.71. The van der Waals surface area contributed by atoms with Crippen LogP contribution in [-0.4, -0.2) is 43.5 Å². The van der Waals surface area contributed by atoms with Crippen LogP contribution in [0.4, 0.5) is 0 Å². The summed E-state index contributed by atoms with van der Waals surface area (Å²) >= 11 is 6.38. The van der Waals surface area contributed by atoms with Crippen LogP contribution < -0.4 is 10.1 Å². The fourth-order valence-corrected chi connectivity index (χ4v) is 3.05. The first-order chi connectivity index (χ1) is 11.0. The van der Waals surface area contributed by atoms with Crippen LogP contribution in [-0.2, 0) is 4.74 Å². The topological polar surface area (TPSA) is 59.0 Å². The molecule has 3 rings (SSSR count). The summed E-state index contributed by atoms with van der Waals surface area (Å²) in [4.78, 5) is 11.0. The largest absolute Gasteiger partial charge is 0.437 e. The van der Waals surface area contributed by atoms with Gasteiger partial charge in [0.25, 0.3) is 0 Å². The second-order valence-electron chi connectivity index (χ2n) is 5.76. The van der Waals surface area contributed by atoms with E-state index in [9.17, 15) is 0 Å². The average molecular weight is 337 g/mol. The highest BCUT2D eigenvalue weighted by molar-refractivity contribution is 6.32. The number of likely N-dealkylation sites (N-methyl/N-ethyl adjacent to an activating group) is 1. The summed E-state index contributed by atoms with van der Waals surface area (Å²) in [5.74, 6) is 2.15. The first-order valence-electron chi connectivity index (χ1n) is 7.62. The Morgan fingerprint density at radius 1 is 1.43 bits per heavy atom. The van der Waals surface area contributed by atoms with Gasteiger partial charge in [-0.05, 0) is 25.8 Å². The van der Waals surface area contributed by atoms with Crippen LogP contribution in [0.3, 0.4) is 0 Å². The third-order valence-corrected chi connectivity index (χ3v) is 4.66. The van der Waals surface area contributed by atoms with E-state index in [0.717, 1.165) is 41.4 Å². The summed E-state index contributed by atoms with van der Waals surface area (Å²) in [5.41, 5.74) is 2.80. The zero-order valence-corrected chi connectivity index (χ0v) is 14.6. The summed E-state index contributed by atoms with van der Waals surface area (Å²) in [7, 11) is 3.67. The lowest BCUT2D eigenvalue weighted by molar-refractivity contribution is 0.195. The van der Waals surface area contributed by atoms with Crippen LogP contribution in [0.2, 0.25) is 5.02 Å². The number of fused-ring (bicyclic) bond motifs is 3. The molecule has 0 fully saturated rings. The highest BCUT2D eigenvalue weighted by atomic mass is 35.5. The Balaban J connectivity index is 1.94. The minimum Gasteiger partial charge on any atom is -0.437 e. The molecule has 1 aromatic rings. The zero-order chi connectivity index (χ0) is 16.6. The normalized spacial score (nSPS) is 18.8. The molecule has 0 radical (unpaired) electrons. The van der Waals surface area contributed by atoms with E-state index in [1.54, 1.807) is 13.4 Å². The van der Waals surface area contributed by atoms with Gasteiger partial charge in [-0.25, -0.2) is 9.98 Å². The molecule has 0 saturated carbocycles. The molecule has 124 valence electrons. The molecule has 3 heterocycles. The lowest BCUT2D eigenvalue weighted by Crippen LogP contribution is -2.31. The van der Waals surface area contributed by atoms with Gasteiger partial charge < -0.3 is 19.7 Å². The number of aromatic nitrogens is 1. The molecule has 0 amide bonds. The fourth-order valence-electron chi connectivity index (χ4n) is 2.90. The van der Waals surface area contributed by atoms with Crippen LogP contribution in [0, 0.1) is 13.8 Å². The predicted molar refractivity (Wildman–Crippen MR) is 89.9 cm³/mol. The van der Waals surface area contributed by atoms with Gasteiger partial charge in [0.2, 0.25) is 5.88 Å². The van der Waals surface area contributed by atoms with E-state index in [0.29, 0.717) is 17.5 Å². The maximum atomic E-state index is 6.38. The van der Waals surface area contributed by atoms with Gasteiger partial charge >= 0.3 is 0 Å². The lowest BCUT2D eigenvalue weighted by Gasteiger charge is -2.27. The van der Waals surface area contributed by atoms with E-state index in [4.69, 9.17) is 21.1 Å². The Morgan fingerprint density at radius 3 is 2.96 bits per heavy atom. The molecule has 2 aliphatic heterocycles. The van der Waals surface area contributed by atoms with Gasteiger partial charge in [0.1, 0.15) is 6.04 Å². The summed E-state index contributed by atoms with van der Waals surface area (Å²) in [5, 5.41) is 4.01. The molecule has 6 nitrogen and oxygen atoms in total. The van der Waals surface area contributed by atoms with Crippen molar-refractivity contribution in [1.29, 1.82) is 0 Å². The number of nitrogens with zero attached hydrogens (tertiary/aromatic N) is 3. The number of ether oxygens (including phenoxy) is 2. The van der Waals surface area contributed by atoms with E-state index >= 15 is 0 Å². The molecule has 0 aromatic carbocycles. The Kier molecular flexibility index (Phi) is 4.46. The molecule has 0 spiro atoms. The maximum absolute atomic E-state index is 6.38. The van der Waals surface area contributed by atoms with Crippen LogP contribution in [0.5, 0.6) is 5.88 Å². The quantitative estimate of drug-likeness (QED) is 0.837. The van der Waals surface area contributed by atoms with Crippen molar-refractivity contribution in [3.63, 3.8) is 0 Å². The summed E-state index contributed by atoms with van der Waals surface area (Å²) in [6.45, 7) is 5.37. The monoisotopic (exact) mass is 336 g/mol. The molecule has 2 aliphatic rings. The summed E-state index contributed by atoms with van der Waals surface area (Å²) in [6, 6.07) is -0.0435. The van der Waals surface area contributed by atoms with Gasteiger partial charge in [-0.1, -0.05) is 11.6 Å². The SMILES string of the molecule is COCCCNC1=C2Oc3nc(C)c(Cl)c(C)c3C2N(C)C=N1. The second-order valence-corrected chi connectivity index (χ2v) is 6.13. The molecule has 7 heteroatoms. The fraction of sp³-hybridized carbons (Fsp3) is 0.500.